The molecule has 0 aliphatic carbocycles. The van der Waals surface area contributed by atoms with E-state index in [4.69, 9.17) is 0 Å². The first-order valence-corrected chi connectivity index (χ1v) is 2.53. The Kier molecular flexibility index (Phi) is 1.80. The Morgan fingerprint density at radius 1 is 1.67 bits per heavy atom. The number of carbonyl (C=O) groups is 1. The van der Waals surface area contributed by atoms with E-state index < -0.39 is 0 Å². The van der Waals surface area contributed by atoms with Crippen LogP contribution in [0.5, 0.6) is 0 Å². The molecule has 0 amide bonds. The van der Waals surface area contributed by atoms with Crippen LogP contribution in [0, 0.1) is 0 Å². The predicted octanol–water partition coefficient (Wildman–Crippen LogP) is 0.214. The topological polar surface area (TPSA) is 41.5 Å². The van der Waals surface area contributed by atoms with Crippen molar-refractivity contribution in [2.24, 2.45) is 4.99 Å². The first-order chi connectivity index (χ1) is 4.43. The maximum atomic E-state index is 10.1. The third-order valence-corrected chi connectivity index (χ3v) is 0.881. The van der Waals surface area contributed by atoms with Gasteiger partial charge in [0.2, 0.25) is 0 Å². The lowest BCUT2D eigenvalue weighted by atomic mass is 10.4. The Morgan fingerprint density at radius 3 is 3.33 bits per heavy atom. The fourth-order valence-electron chi connectivity index (χ4n) is 0.473. The van der Waals surface area contributed by atoms with Gasteiger partial charge in [0.1, 0.15) is 0 Å². The normalized spacial score (nSPS) is 15.8. The SMILES string of the molecule is O=CC1=CC=CN=CN1. The quantitative estimate of drug-likeness (QED) is 0.505. The van der Waals surface area contributed by atoms with Crippen LogP contribution in [0.3, 0.4) is 0 Å². The van der Waals surface area contributed by atoms with Crippen LogP contribution >= 0.6 is 0 Å². The van der Waals surface area contributed by atoms with Crippen molar-refractivity contribution in [2.45, 2.75) is 0 Å². The number of nitrogens with one attached hydrogen (secondary N) is 1. The van der Waals surface area contributed by atoms with Crippen molar-refractivity contribution < 1.29 is 4.79 Å². The highest BCUT2D eigenvalue weighted by Gasteiger charge is 1.88. The van der Waals surface area contributed by atoms with Gasteiger partial charge in [0.05, 0.1) is 12.0 Å². The number of aldehydes is 1. The van der Waals surface area contributed by atoms with Crippen molar-refractivity contribution in [2.75, 3.05) is 0 Å². The van der Waals surface area contributed by atoms with Crippen molar-refractivity contribution in [1.29, 1.82) is 0 Å². The van der Waals surface area contributed by atoms with Crippen LogP contribution in [0.25, 0.3) is 0 Å². The molecule has 0 saturated carbocycles. The number of hydrogen-bond donors (Lipinski definition) is 1. The Bertz CT molecular complexity index is 191. The molecule has 0 saturated heterocycles. The van der Waals surface area contributed by atoms with Crippen LogP contribution in [-0.4, -0.2) is 12.6 Å². The van der Waals surface area contributed by atoms with Crippen LogP contribution in [0.2, 0.25) is 0 Å². The van der Waals surface area contributed by atoms with Crippen molar-refractivity contribution in [1.82, 2.24) is 5.32 Å². The van der Waals surface area contributed by atoms with E-state index in [9.17, 15) is 4.79 Å². The fourth-order valence-corrected chi connectivity index (χ4v) is 0.473. The average Bonchev–Trinajstić information content (AvgIpc) is 2.13. The van der Waals surface area contributed by atoms with E-state index in [0.29, 0.717) is 5.70 Å². The third kappa shape index (κ3) is 1.53. The van der Waals surface area contributed by atoms with E-state index in [1.165, 1.54) is 6.34 Å². The molecular formula is C6H6N2O. The maximum absolute atomic E-state index is 10.1. The predicted molar refractivity (Wildman–Crippen MR) is 34.9 cm³/mol. The number of allylic oxidation sites excluding steroid dienone is 3. The molecule has 0 fully saturated rings. The molecule has 46 valence electrons. The Hall–Kier alpha value is -1.38. The van der Waals surface area contributed by atoms with E-state index in [0.717, 1.165) is 6.29 Å². The van der Waals surface area contributed by atoms with Crippen LogP contribution in [-0.2, 0) is 4.79 Å². The zero-order valence-corrected chi connectivity index (χ0v) is 4.74. The second-order valence-corrected chi connectivity index (χ2v) is 1.50. The van der Waals surface area contributed by atoms with E-state index >= 15 is 0 Å². The molecule has 1 rings (SSSR count). The molecule has 1 N–H and O–H groups in total. The number of aliphatic imine (C=N–C) groups is 1. The highest BCUT2D eigenvalue weighted by atomic mass is 16.1. The summed E-state index contributed by atoms with van der Waals surface area (Å²) in [5.74, 6) is 0. The minimum absolute atomic E-state index is 0.521. The summed E-state index contributed by atoms with van der Waals surface area (Å²) in [6.45, 7) is 0. The minimum Gasteiger partial charge on any atom is -0.344 e. The van der Waals surface area contributed by atoms with Crippen LogP contribution in [0.15, 0.2) is 29.0 Å². The molecule has 0 spiro atoms. The van der Waals surface area contributed by atoms with Gasteiger partial charge in [0.15, 0.2) is 6.29 Å². The maximum Gasteiger partial charge on any atom is 0.166 e. The second-order valence-electron chi connectivity index (χ2n) is 1.50. The number of hydrogen-bond acceptors (Lipinski definition) is 3. The first-order valence-electron chi connectivity index (χ1n) is 2.53. The smallest absolute Gasteiger partial charge is 0.166 e. The molecule has 3 heteroatoms. The number of carbonyl (C=O) groups excluding carboxylic acids is 1. The van der Waals surface area contributed by atoms with E-state index in [2.05, 4.69) is 10.3 Å². The molecule has 9 heavy (non-hydrogen) atoms. The van der Waals surface area contributed by atoms with E-state index in [-0.39, 0.29) is 0 Å². The van der Waals surface area contributed by atoms with E-state index in [1.807, 2.05) is 0 Å². The zero-order chi connectivity index (χ0) is 6.53. The lowest BCUT2D eigenvalue weighted by molar-refractivity contribution is -0.105. The van der Waals surface area contributed by atoms with Crippen LogP contribution in [0.4, 0.5) is 0 Å². The van der Waals surface area contributed by atoms with Gasteiger partial charge in [-0.15, -0.1) is 0 Å². The summed E-state index contributed by atoms with van der Waals surface area (Å²) in [5, 5.41) is 2.67. The molecule has 0 bridgehead atoms. The highest BCUT2D eigenvalue weighted by molar-refractivity contribution is 5.79. The minimum atomic E-state index is 0.521. The molecule has 0 unspecified atom stereocenters. The number of nitrogens with zero attached hydrogens (tertiary/aromatic N) is 1. The van der Waals surface area contributed by atoms with Gasteiger partial charge in [0, 0.05) is 6.20 Å². The largest absolute Gasteiger partial charge is 0.344 e. The van der Waals surface area contributed by atoms with Gasteiger partial charge in [0.25, 0.3) is 0 Å². The molecule has 3 nitrogen and oxygen atoms in total. The summed E-state index contributed by atoms with van der Waals surface area (Å²) >= 11 is 0. The second kappa shape index (κ2) is 2.81. The Balaban J connectivity index is 2.73. The third-order valence-electron chi connectivity index (χ3n) is 0.881. The molecule has 0 aromatic rings. The number of rotatable bonds is 1. The highest BCUT2D eigenvalue weighted by Crippen LogP contribution is 1.87. The fraction of sp³-hybridized carbons (Fsp3) is 0. The molecular weight excluding hydrogens is 116 g/mol. The van der Waals surface area contributed by atoms with E-state index in [1.54, 1.807) is 18.4 Å². The van der Waals surface area contributed by atoms with Gasteiger partial charge < -0.3 is 5.32 Å². The molecule has 1 aliphatic heterocycles. The average molecular weight is 122 g/mol. The molecule has 0 atom stereocenters. The zero-order valence-electron chi connectivity index (χ0n) is 4.74. The van der Waals surface area contributed by atoms with Gasteiger partial charge in [-0.3, -0.25) is 4.79 Å². The molecule has 1 aliphatic rings. The first kappa shape index (κ1) is 5.75. The molecule has 1 heterocycles. The van der Waals surface area contributed by atoms with Crippen molar-refractivity contribution in [3.63, 3.8) is 0 Å². The van der Waals surface area contributed by atoms with Crippen molar-refractivity contribution >= 4 is 12.6 Å². The molecule has 0 radical (unpaired) electrons. The van der Waals surface area contributed by atoms with Crippen molar-refractivity contribution in [3.8, 4) is 0 Å². The van der Waals surface area contributed by atoms with Crippen molar-refractivity contribution in [3.05, 3.63) is 24.0 Å². The Labute approximate surface area is 52.8 Å². The Morgan fingerprint density at radius 2 is 2.56 bits per heavy atom. The monoisotopic (exact) mass is 122 g/mol. The summed E-state index contributed by atoms with van der Waals surface area (Å²) in [7, 11) is 0. The van der Waals surface area contributed by atoms with Gasteiger partial charge in [-0.05, 0) is 12.2 Å². The van der Waals surface area contributed by atoms with Crippen LogP contribution in [0.1, 0.15) is 0 Å². The van der Waals surface area contributed by atoms with Gasteiger partial charge in [-0.25, -0.2) is 4.99 Å². The lowest BCUT2D eigenvalue weighted by Gasteiger charge is -1.90. The summed E-state index contributed by atoms with van der Waals surface area (Å²) in [6.07, 6.45) is 7.15. The standard InChI is InChI=1S/C6H6N2O/c9-4-6-2-1-3-7-5-8-6/h1-5H,(H,7,8). The molecule has 0 aromatic heterocycles. The van der Waals surface area contributed by atoms with Crippen LogP contribution < -0.4 is 5.32 Å². The summed E-state index contributed by atoms with van der Waals surface area (Å²) < 4.78 is 0. The summed E-state index contributed by atoms with van der Waals surface area (Å²) in [5.41, 5.74) is 0.521. The van der Waals surface area contributed by atoms with Gasteiger partial charge in [-0.2, -0.15) is 0 Å². The summed E-state index contributed by atoms with van der Waals surface area (Å²) in [4.78, 5) is 13.8. The lowest BCUT2D eigenvalue weighted by Crippen LogP contribution is -2.09. The van der Waals surface area contributed by atoms with Gasteiger partial charge >= 0.3 is 0 Å². The summed E-state index contributed by atoms with van der Waals surface area (Å²) in [6, 6.07) is 0. The molecule has 0 aromatic carbocycles. The van der Waals surface area contributed by atoms with Gasteiger partial charge in [-0.1, -0.05) is 0 Å².